The number of thioether (sulfide) groups is 1. The Bertz CT molecular complexity index is 1550. The van der Waals surface area contributed by atoms with E-state index in [1.807, 2.05) is 30.3 Å². The number of nitro groups is 1. The number of para-hydroxylation sites is 1. The maximum atomic E-state index is 13.7. The van der Waals surface area contributed by atoms with Gasteiger partial charge < -0.3 is 0 Å². The van der Waals surface area contributed by atoms with E-state index in [0.717, 1.165) is 43.0 Å². The van der Waals surface area contributed by atoms with Crippen molar-refractivity contribution in [2.24, 2.45) is 5.10 Å². The molecular weight excluding hydrogens is 498 g/mol. The Kier molecular flexibility index (Phi) is 6.92. The zero-order chi connectivity index (χ0) is 25.1. The molecule has 2 heterocycles. The summed E-state index contributed by atoms with van der Waals surface area (Å²) in [7, 11) is 0. The van der Waals surface area contributed by atoms with Crippen LogP contribution in [0.4, 0.5) is 5.69 Å². The molecular formula is C25H21N5O4S2. The number of benzene rings is 2. The highest BCUT2D eigenvalue weighted by atomic mass is 32.2. The van der Waals surface area contributed by atoms with E-state index in [1.54, 1.807) is 28.0 Å². The molecule has 11 heteroatoms. The second-order valence-corrected chi connectivity index (χ2v) is 10.2. The van der Waals surface area contributed by atoms with E-state index in [0.29, 0.717) is 26.6 Å². The molecule has 0 spiro atoms. The van der Waals surface area contributed by atoms with E-state index in [2.05, 4.69) is 10.5 Å². The molecule has 0 unspecified atom stereocenters. The Morgan fingerprint density at radius 2 is 2.00 bits per heavy atom. The Hall–Kier alpha value is -3.83. The highest BCUT2D eigenvalue weighted by molar-refractivity contribution is 7.99. The van der Waals surface area contributed by atoms with Gasteiger partial charge in [-0.25, -0.2) is 10.4 Å². The summed E-state index contributed by atoms with van der Waals surface area (Å²) in [4.78, 5) is 43.3. The van der Waals surface area contributed by atoms with Crippen LogP contribution in [0.3, 0.4) is 0 Å². The number of hydrogen-bond acceptors (Lipinski definition) is 8. The Morgan fingerprint density at radius 3 is 2.81 bits per heavy atom. The molecule has 5 rings (SSSR count). The molecule has 0 aliphatic heterocycles. The van der Waals surface area contributed by atoms with Gasteiger partial charge in [0.15, 0.2) is 5.16 Å². The lowest BCUT2D eigenvalue weighted by Gasteiger charge is -2.13. The van der Waals surface area contributed by atoms with Crippen LogP contribution in [0.25, 0.3) is 15.9 Å². The Balaban J connectivity index is 1.38. The summed E-state index contributed by atoms with van der Waals surface area (Å²) in [5.74, 6) is -0.400. The van der Waals surface area contributed by atoms with Crippen molar-refractivity contribution in [3.8, 4) is 5.69 Å². The molecule has 2 aromatic heterocycles. The average Bonchev–Trinajstić information content (AvgIpc) is 3.27. The summed E-state index contributed by atoms with van der Waals surface area (Å²) >= 11 is 2.73. The maximum Gasteiger partial charge on any atom is 0.270 e. The molecule has 0 atom stereocenters. The quantitative estimate of drug-likeness (QED) is 0.126. The summed E-state index contributed by atoms with van der Waals surface area (Å²) < 4.78 is 1.58. The van der Waals surface area contributed by atoms with Gasteiger partial charge in [0.1, 0.15) is 4.83 Å². The second kappa shape index (κ2) is 10.4. The zero-order valence-corrected chi connectivity index (χ0v) is 20.7. The largest absolute Gasteiger partial charge is 0.272 e. The van der Waals surface area contributed by atoms with Gasteiger partial charge in [0.2, 0.25) is 0 Å². The standard InChI is InChI=1S/C25H21N5O4S2/c31-21(28-26-14-16-7-6-10-18(13-16)30(33)34)15-35-25-27-23-22(19-11-4-5-12-20(19)36-23)24(32)29(25)17-8-2-1-3-9-17/h1-3,6-10,13-14H,4-5,11-12,15H2,(H,28,31). The molecule has 1 aliphatic carbocycles. The molecule has 1 aliphatic rings. The number of nitrogens with one attached hydrogen (secondary N) is 1. The lowest BCUT2D eigenvalue weighted by molar-refractivity contribution is -0.384. The molecule has 0 fully saturated rings. The molecule has 0 radical (unpaired) electrons. The number of aryl methyl sites for hydroxylation is 2. The molecule has 182 valence electrons. The molecule has 0 saturated heterocycles. The van der Waals surface area contributed by atoms with Gasteiger partial charge in [0.05, 0.1) is 28.0 Å². The first-order valence-electron chi connectivity index (χ1n) is 11.3. The van der Waals surface area contributed by atoms with Gasteiger partial charge in [-0.15, -0.1) is 11.3 Å². The third kappa shape index (κ3) is 4.93. The minimum Gasteiger partial charge on any atom is -0.272 e. The highest BCUT2D eigenvalue weighted by Gasteiger charge is 2.23. The van der Waals surface area contributed by atoms with Gasteiger partial charge in [0, 0.05) is 22.6 Å². The number of carbonyl (C=O) groups is 1. The van der Waals surface area contributed by atoms with Crippen molar-refractivity contribution in [2.75, 3.05) is 5.75 Å². The van der Waals surface area contributed by atoms with Gasteiger partial charge in [-0.1, -0.05) is 42.1 Å². The minimum atomic E-state index is -0.493. The lowest BCUT2D eigenvalue weighted by atomic mass is 9.97. The van der Waals surface area contributed by atoms with Crippen molar-refractivity contribution in [1.82, 2.24) is 15.0 Å². The second-order valence-electron chi connectivity index (χ2n) is 8.20. The van der Waals surface area contributed by atoms with Gasteiger partial charge >= 0.3 is 0 Å². The molecule has 4 aromatic rings. The first-order chi connectivity index (χ1) is 17.5. The first kappa shape index (κ1) is 23.9. The molecule has 0 bridgehead atoms. The van der Waals surface area contributed by atoms with E-state index >= 15 is 0 Å². The number of nitro benzene ring substituents is 1. The summed E-state index contributed by atoms with van der Waals surface area (Å²) in [6.45, 7) is 0. The van der Waals surface area contributed by atoms with Crippen LogP contribution in [0.2, 0.25) is 0 Å². The van der Waals surface area contributed by atoms with Crippen molar-refractivity contribution in [2.45, 2.75) is 30.8 Å². The molecule has 36 heavy (non-hydrogen) atoms. The van der Waals surface area contributed by atoms with Crippen LogP contribution in [-0.2, 0) is 17.6 Å². The number of carbonyl (C=O) groups excluding carboxylic acids is 1. The number of rotatable bonds is 7. The van der Waals surface area contributed by atoms with Crippen LogP contribution in [0.5, 0.6) is 0 Å². The number of nitrogens with zero attached hydrogens (tertiary/aromatic N) is 4. The van der Waals surface area contributed by atoms with E-state index in [4.69, 9.17) is 4.98 Å². The van der Waals surface area contributed by atoms with Crippen LogP contribution in [0.1, 0.15) is 28.8 Å². The molecule has 1 N–H and O–H groups in total. The van der Waals surface area contributed by atoms with Crippen molar-refractivity contribution in [3.05, 3.63) is 91.1 Å². The van der Waals surface area contributed by atoms with Crippen LogP contribution in [-0.4, -0.2) is 32.3 Å². The molecule has 9 nitrogen and oxygen atoms in total. The third-order valence-corrected chi connectivity index (χ3v) is 7.91. The molecule has 2 aromatic carbocycles. The van der Waals surface area contributed by atoms with Crippen molar-refractivity contribution in [1.29, 1.82) is 0 Å². The predicted octanol–water partition coefficient (Wildman–Crippen LogP) is 4.48. The predicted molar refractivity (Wildman–Crippen MR) is 141 cm³/mol. The van der Waals surface area contributed by atoms with Gasteiger partial charge in [0.25, 0.3) is 17.2 Å². The zero-order valence-electron chi connectivity index (χ0n) is 19.0. The number of hydrazone groups is 1. The van der Waals surface area contributed by atoms with E-state index in [9.17, 15) is 19.7 Å². The Labute approximate surface area is 214 Å². The fraction of sp³-hybridized carbons (Fsp3) is 0.200. The SMILES string of the molecule is O=C(CSc1nc2sc3c(c2c(=O)n1-c1ccccc1)CCCC3)NN=Cc1cccc([N+](=O)[O-])c1. The fourth-order valence-electron chi connectivity index (χ4n) is 4.15. The van der Waals surface area contributed by atoms with Crippen LogP contribution >= 0.6 is 23.1 Å². The monoisotopic (exact) mass is 519 g/mol. The van der Waals surface area contributed by atoms with Gasteiger partial charge in [-0.2, -0.15) is 5.10 Å². The van der Waals surface area contributed by atoms with E-state index in [1.165, 1.54) is 23.2 Å². The maximum absolute atomic E-state index is 13.7. The first-order valence-corrected chi connectivity index (χ1v) is 13.1. The number of hydrogen-bond donors (Lipinski definition) is 1. The molecule has 1 amide bonds. The van der Waals surface area contributed by atoms with Crippen molar-refractivity contribution in [3.63, 3.8) is 0 Å². The van der Waals surface area contributed by atoms with Crippen molar-refractivity contribution >= 4 is 51.1 Å². The number of thiophene rings is 1. The van der Waals surface area contributed by atoms with Gasteiger partial charge in [-0.05, 0) is 43.4 Å². The third-order valence-electron chi connectivity index (χ3n) is 5.79. The number of amides is 1. The number of aromatic nitrogens is 2. The number of non-ortho nitro benzene ring substituents is 1. The van der Waals surface area contributed by atoms with Crippen LogP contribution in [0, 0.1) is 10.1 Å². The normalized spacial score (nSPS) is 13.1. The molecule has 0 saturated carbocycles. The number of fused-ring (bicyclic) bond motifs is 3. The van der Waals surface area contributed by atoms with Crippen LogP contribution < -0.4 is 11.0 Å². The van der Waals surface area contributed by atoms with E-state index in [-0.39, 0.29) is 22.9 Å². The smallest absolute Gasteiger partial charge is 0.270 e. The van der Waals surface area contributed by atoms with Crippen molar-refractivity contribution < 1.29 is 9.72 Å². The highest BCUT2D eigenvalue weighted by Crippen LogP contribution is 2.35. The summed E-state index contributed by atoms with van der Waals surface area (Å²) in [6.07, 6.45) is 5.38. The Morgan fingerprint density at radius 1 is 1.19 bits per heavy atom. The lowest BCUT2D eigenvalue weighted by Crippen LogP contribution is -2.24. The summed E-state index contributed by atoms with van der Waals surface area (Å²) in [5.41, 5.74) is 4.56. The van der Waals surface area contributed by atoms with E-state index < -0.39 is 4.92 Å². The topological polar surface area (TPSA) is 119 Å². The van der Waals surface area contributed by atoms with Crippen LogP contribution in [0.15, 0.2) is 69.6 Å². The minimum absolute atomic E-state index is 0.0118. The average molecular weight is 520 g/mol. The van der Waals surface area contributed by atoms with Gasteiger partial charge in [-0.3, -0.25) is 24.3 Å². The fourth-order valence-corrected chi connectivity index (χ4v) is 6.26. The summed E-state index contributed by atoms with van der Waals surface area (Å²) in [5, 5.41) is 15.9. The summed E-state index contributed by atoms with van der Waals surface area (Å²) in [6, 6.07) is 15.2.